The molecule has 1 aromatic carbocycles. The lowest BCUT2D eigenvalue weighted by molar-refractivity contribution is -0.135. The smallest absolute Gasteiger partial charge is 0.322 e. The molecule has 3 heterocycles. The van der Waals surface area contributed by atoms with Gasteiger partial charge in [0.25, 0.3) is 11.5 Å². The first-order valence-electron chi connectivity index (χ1n) is 8.45. The third-order valence-corrected chi connectivity index (χ3v) is 4.24. The molecule has 0 aliphatic carbocycles. The normalized spacial score (nSPS) is 11.0. The van der Waals surface area contributed by atoms with Crippen LogP contribution in [0, 0.1) is 0 Å². The van der Waals surface area contributed by atoms with E-state index < -0.39 is 35.3 Å². The zero-order valence-electron chi connectivity index (χ0n) is 14.8. The Labute approximate surface area is 161 Å². The Bertz CT molecular complexity index is 1310. The van der Waals surface area contributed by atoms with Gasteiger partial charge in [0.2, 0.25) is 0 Å². The van der Waals surface area contributed by atoms with Crippen LogP contribution in [0.3, 0.4) is 0 Å². The van der Waals surface area contributed by atoms with Crippen LogP contribution in [0.5, 0.6) is 5.75 Å². The van der Waals surface area contributed by atoms with Crippen LogP contribution < -0.4 is 10.9 Å². The molecule has 11 nitrogen and oxygen atoms in total. The van der Waals surface area contributed by atoms with Crippen LogP contribution >= 0.6 is 0 Å². The number of aliphatic carboxylic acids is 1. The van der Waals surface area contributed by atoms with Crippen molar-refractivity contribution < 1.29 is 19.8 Å². The summed E-state index contributed by atoms with van der Waals surface area (Å²) in [6, 6.07) is 9.01. The fourth-order valence-electron chi connectivity index (χ4n) is 2.98. The summed E-state index contributed by atoms with van der Waals surface area (Å²) in [5.74, 6) is -2.97. The molecule has 0 unspecified atom stereocenters. The third kappa shape index (κ3) is 3.14. The van der Waals surface area contributed by atoms with Crippen LogP contribution in [0.2, 0.25) is 0 Å². The van der Waals surface area contributed by atoms with Crippen molar-refractivity contribution in [1.82, 2.24) is 29.5 Å². The van der Waals surface area contributed by atoms with E-state index in [0.717, 1.165) is 5.56 Å². The van der Waals surface area contributed by atoms with E-state index in [0.29, 0.717) is 5.52 Å². The van der Waals surface area contributed by atoms with Crippen molar-refractivity contribution in [2.45, 2.75) is 6.54 Å². The minimum Gasteiger partial charge on any atom is -0.504 e. The molecule has 4 rings (SSSR count). The lowest BCUT2D eigenvalue weighted by Gasteiger charge is -2.13. The maximum absolute atomic E-state index is 13.1. The topological polar surface area (TPSA) is 152 Å². The molecule has 0 atom stereocenters. The summed E-state index contributed by atoms with van der Waals surface area (Å²) in [7, 11) is 0. The average molecular weight is 394 g/mol. The molecular weight excluding hydrogens is 380 g/mol. The summed E-state index contributed by atoms with van der Waals surface area (Å²) in [5.41, 5.74) is -0.147. The van der Waals surface area contributed by atoms with Crippen molar-refractivity contribution in [1.29, 1.82) is 0 Å². The monoisotopic (exact) mass is 394 g/mol. The fraction of sp³-hybridized carbons (Fsp3) is 0.111. The van der Waals surface area contributed by atoms with E-state index in [-0.39, 0.29) is 17.8 Å². The molecule has 3 N–H and O–H groups in total. The molecule has 0 saturated carbocycles. The van der Waals surface area contributed by atoms with Crippen molar-refractivity contribution in [2.75, 3.05) is 6.54 Å². The van der Waals surface area contributed by atoms with Crippen LogP contribution in [0.1, 0.15) is 15.9 Å². The lowest BCUT2D eigenvalue weighted by atomic mass is 10.2. The number of aromatic nitrogens is 5. The SMILES string of the molecule is O=C(O)CNC(=O)c1c(O)c2nc3cncnc3n2n(Cc2ccccc2)c1=O. The number of carboxylic acids is 1. The molecule has 0 radical (unpaired) electrons. The molecule has 146 valence electrons. The highest BCUT2D eigenvalue weighted by Gasteiger charge is 2.25. The van der Waals surface area contributed by atoms with Crippen molar-refractivity contribution in [3.63, 3.8) is 0 Å². The molecule has 0 fully saturated rings. The van der Waals surface area contributed by atoms with Gasteiger partial charge in [0.05, 0.1) is 12.7 Å². The maximum atomic E-state index is 13.1. The standard InChI is InChI=1S/C18H14N6O5/c25-12(26)7-20-17(28)13-14(27)16-22-11-6-19-9-21-15(11)24(16)23(18(13)29)8-10-4-2-1-3-5-10/h1-6,9,27H,7-8H2,(H,20,28)(H,25,26). The Morgan fingerprint density at radius 1 is 1.14 bits per heavy atom. The number of fused-ring (bicyclic) bond motifs is 3. The number of aromatic hydroxyl groups is 1. The number of hydrogen-bond donors (Lipinski definition) is 3. The van der Waals surface area contributed by atoms with Crippen molar-refractivity contribution in [3.8, 4) is 5.75 Å². The van der Waals surface area contributed by atoms with Gasteiger partial charge in [0, 0.05) is 0 Å². The number of carboxylic acid groups (broad SMARTS) is 1. The molecule has 1 amide bonds. The van der Waals surface area contributed by atoms with Crippen LogP contribution in [-0.4, -0.2) is 52.8 Å². The Hall–Kier alpha value is -4.28. The molecule has 0 aliphatic rings. The zero-order chi connectivity index (χ0) is 20.5. The van der Waals surface area contributed by atoms with Crippen LogP contribution in [0.15, 0.2) is 47.7 Å². The number of nitrogens with zero attached hydrogens (tertiary/aromatic N) is 5. The number of imidazole rings is 1. The summed E-state index contributed by atoms with van der Waals surface area (Å²) in [4.78, 5) is 48.6. The van der Waals surface area contributed by atoms with Gasteiger partial charge in [-0.2, -0.15) is 0 Å². The summed E-state index contributed by atoms with van der Waals surface area (Å²) >= 11 is 0. The quantitative estimate of drug-likeness (QED) is 0.428. The van der Waals surface area contributed by atoms with Crippen molar-refractivity contribution in [2.24, 2.45) is 0 Å². The molecule has 0 aliphatic heterocycles. The Morgan fingerprint density at radius 3 is 2.62 bits per heavy atom. The second kappa shape index (κ2) is 7.03. The first kappa shape index (κ1) is 18.1. The number of benzene rings is 1. The van der Waals surface area contributed by atoms with Gasteiger partial charge >= 0.3 is 5.97 Å². The Kier molecular flexibility index (Phi) is 4.39. The van der Waals surface area contributed by atoms with Gasteiger partial charge in [0.1, 0.15) is 18.4 Å². The van der Waals surface area contributed by atoms with Gasteiger partial charge < -0.3 is 15.5 Å². The van der Waals surface area contributed by atoms with E-state index in [1.165, 1.54) is 21.7 Å². The molecule has 3 aromatic heterocycles. The van der Waals surface area contributed by atoms with E-state index in [1.54, 1.807) is 24.3 Å². The van der Waals surface area contributed by atoms with Crippen molar-refractivity contribution >= 4 is 28.7 Å². The summed E-state index contributed by atoms with van der Waals surface area (Å²) < 4.78 is 2.53. The molecule has 0 saturated heterocycles. The van der Waals surface area contributed by atoms with E-state index in [2.05, 4.69) is 20.3 Å². The molecule has 0 bridgehead atoms. The second-order valence-corrected chi connectivity index (χ2v) is 6.13. The summed E-state index contributed by atoms with van der Waals surface area (Å²) in [6.07, 6.45) is 2.69. The van der Waals surface area contributed by atoms with Gasteiger partial charge in [0.15, 0.2) is 22.6 Å². The van der Waals surface area contributed by atoms with Crippen molar-refractivity contribution in [3.05, 3.63) is 64.3 Å². The van der Waals surface area contributed by atoms with E-state index in [1.807, 2.05) is 6.07 Å². The van der Waals surface area contributed by atoms with E-state index in [4.69, 9.17) is 5.11 Å². The van der Waals surface area contributed by atoms with Gasteiger partial charge in [-0.15, -0.1) is 0 Å². The minimum atomic E-state index is -1.29. The number of rotatable bonds is 5. The van der Waals surface area contributed by atoms with Crippen LogP contribution in [0.25, 0.3) is 16.8 Å². The van der Waals surface area contributed by atoms with Gasteiger partial charge in [-0.3, -0.25) is 14.4 Å². The predicted molar refractivity (Wildman–Crippen MR) is 99.7 cm³/mol. The van der Waals surface area contributed by atoms with Gasteiger partial charge in [-0.05, 0) is 5.56 Å². The first-order chi connectivity index (χ1) is 14.0. The number of nitrogens with one attached hydrogen (secondary N) is 1. The first-order valence-corrected chi connectivity index (χ1v) is 8.45. The molecule has 11 heteroatoms. The summed E-state index contributed by atoms with van der Waals surface area (Å²) in [5, 5.41) is 21.5. The predicted octanol–water partition coefficient (Wildman–Crippen LogP) is 0.00750. The van der Waals surface area contributed by atoms with Gasteiger partial charge in [-0.25, -0.2) is 24.1 Å². The summed E-state index contributed by atoms with van der Waals surface area (Å²) in [6.45, 7) is -0.644. The lowest BCUT2D eigenvalue weighted by Crippen LogP contribution is -2.37. The zero-order valence-corrected chi connectivity index (χ0v) is 14.8. The molecule has 29 heavy (non-hydrogen) atoms. The fourth-order valence-corrected chi connectivity index (χ4v) is 2.98. The second-order valence-electron chi connectivity index (χ2n) is 6.13. The van der Waals surface area contributed by atoms with Crippen LogP contribution in [0.4, 0.5) is 0 Å². The number of amides is 1. The minimum absolute atomic E-state index is 0.0606. The van der Waals surface area contributed by atoms with E-state index in [9.17, 15) is 19.5 Å². The number of hydrogen-bond acceptors (Lipinski definition) is 7. The highest BCUT2D eigenvalue weighted by molar-refractivity contribution is 6.00. The Balaban J connectivity index is 2.00. The maximum Gasteiger partial charge on any atom is 0.322 e. The molecule has 0 spiro atoms. The highest BCUT2D eigenvalue weighted by atomic mass is 16.4. The number of carbonyl (C=O) groups excluding carboxylic acids is 1. The number of carbonyl (C=O) groups is 2. The third-order valence-electron chi connectivity index (χ3n) is 4.24. The van der Waals surface area contributed by atoms with Gasteiger partial charge in [-0.1, -0.05) is 30.3 Å². The molecular formula is C18H14N6O5. The van der Waals surface area contributed by atoms with Crippen LogP contribution in [-0.2, 0) is 11.3 Å². The molecule has 4 aromatic rings. The highest BCUT2D eigenvalue weighted by Crippen LogP contribution is 2.24. The van der Waals surface area contributed by atoms with E-state index >= 15 is 0 Å². The Morgan fingerprint density at radius 2 is 1.90 bits per heavy atom. The largest absolute Gasteiger partial charge is 0.504 e. The average Bonchev–Trinajstić information content (AvgIpc) is 3.10.